The Morgan fingerprint density at radius 2 is 2.14 bits per heavy atom. The summed E-state index contributed by atoms with van der Waals surface area (Å²) in [5.74, 6) is 0.722. The molecule has 28 heavy (non-hydrogen) atoms. The third-order valence-corrected chi connectivity index (χ3v) is 6.97. The molecule has 3 heterocycles. The zero-order valence-electron chi connectivity index (χ0n) is 15.5. The number of carbonyl (C=O) groups is 1. The van der Waals surface area contributed by atoms with E-state index in [0.717, 1.165) is 11.5 Å². The number of amides is 1. The highest BCUT2D eigenvalue weighted by atomic mass is 32.2. The van der Waals surface area contributed by atoms with Crippen molar-refractivity contribution in [2.45, 2.75) is 17.7 Å². The van der Waals surface area contributed by atoms with Gasteiger partial charge in [-0.05, 0) is 19.1 Å². The first-order valence-corrected chi connectivity index (χ1v) is 11.4. The first-order valence-electron chi connectivity index (χ1n) is 8.79. The number of carbonyl (C=O) groups excluding carboxylic acids is 1. The molecule has 2 aromatic heterocycles. The van der Waals surface area contributed by atoms with E-state index < -0.39 is 10.0 Å². The minimum absolute atomic E-state index is 0.0278. The fraction of sp³-hybridized carbons (Fsp3) is 0.471. The average molecular weight is 427 g/mol. The molecule has 1 aliphatic rings. The molecule has 1 fully saturated rings. The Bertz CT molecular complexity index is 910. The summed E-state index contributed by atoms with van der Waals surface area (Å²) in [6.07, 6.45) is 1.61. The number of nitrogens with zero attached hydrogens (tertiary/aromatic N) is 3. The van der Waals surface area contributed by atoms with Crippen LogP contribution in [0.25, 0.3) is 0 Å². The fourth-order valence-corrected chi connectivity index (χ4v) is 4.85. The molecule has 0 aromatic carbocycles. The molecule has 1 amide bonds. The van der Waals surface area contributed by atoms with Crippen molar-refractivity contribution in [3.8, 4) is 0 Å². The number of thioether (sulfide) groups is 1. The number of aromatic nitrogens is 2. The summed E-state index contributed by atoms with van der Waals surface area (Å²) in [5.41, 5.74) is 1.16. The lowest BCUT2D eigenvalue weighted by Gasteiger charge is -2.26. The van der Waals surface area contributed by atoms with E-state index in [1.54, 1.807) is 18.3 Å². The van der Waals surface area contributed by atoms with E-state index in [4.69, 9.17) is 9.26 Å². The number of ether oxygens (including phenoxy) is 1. The highest BCUT2D eigenvalue weighted by molar-refractivity contribution is 7.98. The quantitative estimate of drug-likeness (QED) is 0.623. The summed E-state index contributed by atoms with van der Waals surface area (Å²) in [6, 6.07) is 5.16. The van der Waals surface area contributed by atoms with Gasteiger partial charge in [-0.3, -0.25) is 4.79 Å². The van der Waals surface area contributed by atoms with Crippen LogP contribution in [-0.2, 0) is 20.5 Å². The van der Waals surface area contributed by atoms with Crippen molar-refractivity contribution in [3.05, 3.63) is 41.4 Å². The number of aryl methyl sites for hydroxylation is 1. The standard InChI is InChI=1S/C17H22N4O5S2/c1-13-11-14(20-26-13)12-27-17-15(3-2-4-19-17)16(22)18-5-10-28(23,24)21-6-8-25-9-7-21/h2-4,11H,5-10,12H2,1H3,(H,18,22). The minimum atomic E-state index is -3.42. The summed E-state index contributed by atoms with van der Waals surface area (Å²) in [4.78, 5) is 16.8. The predicted octanol–water partition coefficient (Wildman–Crippen LogP) is 1.06. The second kappa shape index (κ2) is 9.50. The van der Waals surface area contributed by atoms with E-state index >= 15 is 0 Å². The molecule has 0 atom stereocenters. The Labute approximate surface area is 167 Å². The summed E-state index contributed by atoms with van der Waals surface area (Å²) >= 11 is 1.37. The molecule has 0 saturated carbocycles. The van der Waals surface area contributed by atoms with Crippen LogP contribution in [0, 0.1) is 6.92 Å². The Balaban J connectivity index is 1.55. The van der Waals surface area contributed by atoms with Crippen LogP contribution < -0.4 is 5.32 Å². The number of sulfonamides is 1. The molecule has 0 aliphatic carbocycles. The van der Waals surface area contributed by atoms with Gasteiger partial charge < -0.3 is 14.6 Å². The number of nitrogens with one attached hydrogen (secondary N) is 1. The molecule has 0 unspecified atom stereocenters. The number of hydrogen-bond acceptors (Lipinski definition) is 8. The van der Waals surface area contributed by atoms with Crippen LogP contribution in [-0.4, -0.2) is 67.4 Å². The van der Waals surface area contributed by atoms with Gasteiger partial charge in [-0.25, -0.2) is 13.4 Å². The van der Waals surface area contributed by atoms with Crippen LogP contribution in [0.5, 0.6) is 0 Å². The van der Waals surface area contributed by atoms with E-state index in [2.05, 4.69) is 15.5 Å². The van der Waals surface area contributed by atoms with Gasteiger partial charge in [-0.2, -0.15) is 4.31 Å². The SMILES string of the molecule is Cc1cc(CSc2ncccc2C(=O)NCCS(=O)(=O)N2CCOCC2)no1. The van der Waals surface area contributed by atoms with Crippen molar-refractivity contribution < 1.29 is 22.5 Å². The maximum atomic E-state index is 12.5. The summed E-state index contributed by atoms with van der Waals surface area (Å²) in [5, 5.41) is 7.15. The van der Waals surface area contributed by atoms with Gasteiger partial charge in [0.15, 0.2) is 0 Å². The maximum Gasteiger partial charge on any atom is 0.254 e. The van der Waals surface area contributed by atoms with Gasteiger partial charge in [0.05, 0.1) is 30.2 Å². The van der Waals surface area contributed by atoms with Gasteiger partial charge in [0.2, 0.25) is 10.0 Å². The third-order valence-electron chi connectivity index (χ3n) is 4.06. The largest absolute Gasteiger partial charge is 0.379 e. The van der Waals surface area contributed by atoms with Crippen LogP contribution >= 0.6 is 11.8 Å². The number of rotatable bonds is 8. The third kappa shape index (κ3) is 5.53. The van der Waals surface area contributed by atoms with Crippen LogP contribution in [0.2, 0.25) is 0 Å². The van der Waals surface area contributed by atoms with Crippen molar-refractivity contribution in [1.82, 2.24) is 19.8 Å². The minimum Gasteiger partial charge on any atom is -0.379 e. The molecule has 0 spiro atoms. The monoisotopic (exact) mass is 426 g/mol. The van der Waals surface area contributed by atoms with E-state index in [9.17, 15) is 13.2 Å². The molecule has 1 N–H and O–H groups in total. The second-order valence-corrected chi connectivity index (χ2v) is 9.21. The van der Waals surface area contributed by atoms with E-state index in [1.165, 1.54) is 16.1 Å². The molecule has 1 saturated heterocycles. The van der Waals surface area contributed by atoms with Crippen molar-refractivity contribution in [1.29, 1.82) is 0 Å². The van der Waals surface area contributed by atoms with E-state index in [-0.39, 0.29) is 18.2 Å². The lowest BCUT2D eigenvalue weighted by molar-refractivity contribution is 0.0730. The van der Waals surface area contributed by atoms with Gasteiger partial charge in [0.25, 0.3) is 5.91 Å². The first-order chi connectivity index (χ1) is 13.5. The Kier molecular flexibility index (Phi) is 7.05. The van der Waals surface area contributed by atoms with Crippen LogP contribution in [0.1, 0.15) is 21.8 Å². The van der Waals surface area contributed by atoms with Gasteiger partial charge in [0, 0.05) is 37.7 Å². The predicted molar refractivity (Wildman–Crippen MR) is 104 cm³/mol. The zero-order chi connectivity index (χ0) is 20.0. The van der Waals surface area contributed by atoms with Crippen molar-refractivity contribution >= 4 is 27.7 Å². The van der Waals surface area contributed by atoms with Gasteiger partial charge in [-0.1, -0.05) is 16.9 Å². The maximum absolute atomic E-state index is 12.5. The van der Waals surface area contributed by atoms with E-state index in [1.807, 2.05) is 13.0 Å². The Morgan fingerprint density at radius 3 is 2.86 bits per heavy atom. The molecule has 0 radical (unpaired) electrons. The van der Waals surface area contributed by atoms with E-state index in [0.29, 0.717) is 42.6 Å². The number of morpholine rings is 1. The smallest absolute Gasteiger partial charge is 0.254 e. The lowest BCUT2D eigenvalue weighted by atomic mass is 10.3. The second-order valence-electron chi connectivity index (χ2n) is 6.16. The molecule has 3 rings (SSSR count). The molecule has 0 bridgehead atoms. The average Bonchev–Trinajstić information content (AvgIpc) is 3.12. The summed E-state index contributed by atoms with van der Waals surface area (Å²) in [7, 11) is -3.42. The molecule has 9 nitrogen and oxygen atoms in total. The number of hydrogen-bond donors (Lipinski definition) is 1. The van der Waals surface area contributed by atoms with Crippen molar-refractivity contribution in [3.63, 3.8) is 0 Å². The molecular formula is C17H22N4O5S2. The summed E-state index contributed by atoms with van der Waals surface area (Å²) < 4.78 is 36.2. The zero-order valence-corrected chi connectivity index (χ0v) is 17.1. The molecule has 1 aliphatic heterocycles. The highest BCUT2D eigenvalue weighted by Crippen LogP contribution is 2.24. The molecular weight excluding hydrogens is 404 g/mol. The highest BCUT2D eigenvalue weighted by Gasteiger charge is 2.24. The Hall–Kier alpha value is -1.95. The van der Waals surface area contributed by atoms with Gasteiger partial charge >= 0.3 is 0 Å². The lowest BCUT2D eigenvalue weighted by Crippen LogP contribution is -2.43. The first kappa shape index (κ1) is 20.8. The molecule has 2 aromatic rings. The van der Waals surface area contributed by atoms with Crippen molar-refractivity contribution in [2.24, 2.45) is 0 Å². The van der Waals surface area contributed by atoms with Crippen molar-refractivity contribution in [2.75, 3.05) is 38.6 Å². The molecule has 11 heteroatoms. The fourth-order valence-electron chi connectivity index (χ4n) is 2.65. The Morgan fingerprint density at radius 1 is 1.36 bits per heavy atom. The van der Waals surface area contributed by atoms with Gasteiger partial charge in [-0.15, -0.1) is 0 Å². The molecule has 152 valence electrons. The number of pyridine rings is 1. The summed E-state index contributed by atoms with van der Waals surface area (Å²) in [6.45, 7) is 3.33. The van der Waals surface area contributed by atoms with Gasteiger partial charge in [0.1, 0.15) is 10.8 Å². The topological polar surface area (TPSA) is 115 Å². The van der Waals surface area contributed by atoms with Crippen LogP contribution in [0.4, 0.5) is 0 Å². The van der Waals surface area contributed by atoms with Crippen LogP contribution in [0.3, 0.4) is 0 Å². The van der Waals surface area contributed by atoms with Crippen LogP contribution in [0.15, 0.2) is 33.9 Å². The normalized spacial score (nSPS) is 15.5.